The fraction of sp³-hybridized carbons (Fsp3) is 0.320. The quantitative estimate of drug-likeness (QED) is 0.597. The topological polar surface area (TPSA) is 101 Å². The molecule has 1 saturated carbocycles. The van der Waals surface area contributed by atoms with Crippen LogP contribution in [0.5, 0.6) is 11.5 Å². The fourth-order valence-electron chi connectivity index (χ4n) is 4.34. The molecule has 0 bridgehead atoms. The molecule has 1 aliphatic carbocycles. The Labute approximate surface area is 191 Å². The van der Waals surface area contributed by atoms with Crippen LogP contribution in [0.25, 0.3) is 16.7 Å². The second-order valence-corrected chi connectivity index (χ2v) is 8.24. The van der Waals surface area contributed by atoms with Crippen molar-refractivity contribution in [3.63, 3.8) is 0 Å². The number of carbonyl (C=O) groups excluding carboxylic acids is 1. The smallest absolute Gasteiger partial charge is 0.322 e. The number of oxazole rings is 1. The second-order valence-electron chi connectivity index (χ2n) is 8.24. The standard InChI is InChI=1S/C25H24N4O4/c1-31-20-10-9-16(11-22(20)32-19-6-2-3-7-19)18-13-27-25(30)29(14-18)15-23-28-24-17(12-26)5-4-8-21(24)33-23/h4-5,8-11,13,19H,2-3,6-7,14-15H2,1H3,(H,27,30). The third-order valence-corrected chi connectivity index (χ3v) is 6.06. The highest BCUT2D eigenvalue weighted by Crippen LogP contribution is 2.35. The number of carbonyl (C=O) groups is 1. The molecule has 2 heterocycles. The van der Waals surface area contributed by atoms with Crippen LogP contribution >= 0.6 is 0 Å². The molecular formula is C25H24N4O4. The van der Waals surface area contributed by atoms with Crippen LogP contribution in [0, 0.1) is 11.3 Å². The minimum absolute atomic E-state index is 0.185. The van der Waals surface area contributed by atoms with Crippen LogP contribution in [-0.2, 0) is 6.54 Å². The number of nitrogens with one attached hydrogen (secondary N) is 1. The maximum Gasteiger partial charge on any atom is 0.322 e. The second kappa shape index (κ2) is 8.87. The van der Waals surface area contributed by atoms with Crippen molar-refractivity contribution in [3.8, 4) is 17.6 Å². The number of nitrogens with zero attached hydrogens (tertiary/aromatic N) is 3. The number of methoxy groups -OCH3 is 1. The summed E-state index contributed by atoms with van der Waals surface area (Å²) in [6.07, 6.45) is 6.41. The largest absolute Gasteiger partial charge is 0.493 e. The van der Waals surface area contributed by atoms with E-state index in [2.05, 4.69) is 16.4 Å². The summed E-state index contributed by atoms with van der Waals surface area (Å²) in [7, 11) is 1.64. The maximum atomic E-state index is 12.5. The van der Waals surface area contributed by atoms with Gasteiger partial charge in [-0.25, -0.2) is 9.78 Å². The number of ether oxygens (including phenoxy) is 2. The summed E-state index contributed by atoms with van der Waals surface area (Å²) in [5, 5.41) is 12.1. The summed E-state index contributed by atoms with van der Waals surface area (Å²) in [5.74, 6) is 1.79. The lowest BCUT2D eigenvalue weighted by atomic mass is 10.0. The van der Waals surface area contributed by atoms with Crippen LogP contribution in [0.1, 0.15) is 42.7 Å². The number of urea groups is 1. The molecule has 168 valence electrons. The van der Waals surface area contributed by atoms with Crippen LogP contribution in [-0.4, -0.2) is 35.7 Å². The van der Waals surface area contributed by atoms with Gasteiger partial charge in [0.2, 0.25) is 5.89 Å². The van der Waals surface area contributed by atoms with Gasteiger partial charge in [-0.2, -0.15) is 5.26 Å². The van der Waals surface area contributed by atoms with Crippen LogP contribution < -0.4 is 14.8 Å². The van der Waals surface area contributed by atoms with Crippen molar-refractivity contribution in [1.29, 1.82) is 5.26 Å². The number of aromatic nitrogens is 1. The molecule has 0 radical (unpaired) electrons. The Kier molecular flexibility index (Phi) is 5.61. The Hall–Kier alpha value is -3.99. The number of fused-ring (bicyclic) bond motifs is 1. The number of para-hydroxylation sites is 1. The molecule has 5 rings (SSSR count). The minimum Gasteiger partial charge on any atom is -0.493 e. The lowest BCUT2D eigenvalue weighted by Crippen LogP contribution is -2.41. The molecule has 0 atom stereocenters. The lowest BCUT2D eigenvalue weighted by Gasteiger charge is -2.27. The average molecular weight is 444 g/mol. The first-order chi connectivity index (χ1) is 16.1. The zero-order chi connectivity index (χ0) is 22.8. The summed E-state index contributed by atoms with van der Waals surface area (Å²) in [6.45, 7) is 0.565. The van der Waals surface area contributed by atoms with Gasteiger partial charge in [-0.3, -0.25) is 0 Å². The third-order valence-electron chi connectivity index (χ3n) is 6.06. The van der Waals surface area contributed by atoms with Gasteiger partial charge in [-0.1, -0.05) is 12.1 Å². The third kappa shape index (κ3) is 4.22. The van der Waals surface area contributed by atoms with Crippen molar-refractivity contribution >= 4 is 22.7 Å². The number of benzene rings is 2. The summed E-state index contributed by atoms with van der Waals surface area (Å²) >= 11 is 0. The number of hydrogen-bond donors (Lipinski definition) is 1. The van der Waals surface area contributed by atoms with E-state index in [9.17, 15) is 10.1 Å². The Morgan fingerprint density at radius 3 is 2.88 bits per heavy atom. The van der Waals surface area contributed by atoms with Crippen LogP contribution in [0.4, 0.5) is 4.79 Å². The van der Waals surface area contributed by atoms with E-state index in [4.69, 9.17) is 13.9 Å². The van der Waals surface area contributed by atoms with Crippen molar-refractivity contribution < 1.29 is 18.7 Å². The van der Waals surface area contributed by atoms with Crippen LogP contribution in [0.2, 0.25) is 0 Å². The highest BCUT2D eigenvalue weighted by molar-refractivity contribution is 5.84. The van der Waals surface area contributed by atoms with Gasteiger partial charge in [0, 0.05) is 6.20 Å². The van der Waals surface area contributed by atoms with Gasteiger partial charge in [0.15, 0.2) is 17.1 Å². The lowest BCUT2D eigenvalue weighted by molar-refractivity contribution is 0.198. The first kappa shape index (κ1) is 20.9. The highest BCUT2D eigenvalue weighted by Gasteiger charge is 2.24. The van der Waals surface area contributed by atoms with Crippen molar-refractivity contribution in [2.75, 3.05) is 13.7 Å². The van der Waals surface area contributed by atoms with E-state index in [1.165, 1.54) is 12.8 Å². The molecular weight excluding hydrogens is 420 g/mol. The first-order valence-corrected chi connectivity index (χ1v) is 11.0. The Bertz CT molecular complexity index is 1270. The van der Waals surface area contributed by atoms with Crippen LogP contribution in [0.3, 0.4) is 0 Å². The normalized spacial score (nSPS) is 16.4. The van der Waals surface area contributed by atoms with E-state index >= 15 is 0 Å². The Morgan fingerprint density at radius 2 is 2.09 bits per heavy atom. The van der Waals surface area contributed by atoms with E-state index in [-0.39, 0.29) is 18.7 Å². The molecule has 8 nitrogen and oxygen atoms in total. The van der Waals surface area contributed by atoms with Crippen molar-refractivity contribution in [2.45, 2.75) is 38.3 Å². The molecule has 1 N–H and O–H groups in total. The minimum atomic E-state index is -0.238. The van der Waals surface area contributed by atoms with Crippen molar-refractivity contribution in [1.82, 2.24) is 15.2 Å². The van der Waals surface area contributed by atoms with E-state index in [1.807, 2.05) is 18.2 Å². The van der Waals surface area contributed by atoms with Gasteiger partial charge in [-0.05, 0) is 61.1 Å². The van der Waals surface area contributed by atoms with Gasteiger partial charge in [0.05, 0.1) is 31.9 Å². The average Bonchev–Trinajstić information content (AvgIpc) is 3.49. The van der Waals surface area contributed by atoms with E-state index in [1.54, 1.807) is 36.4 Å². The predicted molar refractivity (Wildman–Crippen MR) is 122 cm³/mol. The van der Waals surface area contributed by atoms with Crippen molar-refractivity contribution in [2.24, 2.45) is 0 Å². The molecule has 1 aromatic heterocycles. The molecule has 33 heavy (non-hydrogen) atoms. The maximum absolute atomic E-state index is 12.5. The highest BCUT2D eigenvalue weighted by atomic mass is 16.5. The summed E-state index contributed by atoms with van der Waals surface area (Å²) < 4.78 is 17.5. The van der Waals surface area contributed by atoms with Crippen molar-refractivity contribution in [3.05, 3.63) is 59.6 Å². The summed E-state index contributed by atoms with van der Waals surface area (Å²) in [5.41, 5.74) is 3.35. The van der Waals surface area contributed by atoms with Gasteiger partial charge in [0.1, 0.15) is 11.6 Å². The van der Waals surface area contributed by atoms with Gasteiger partial charge >= 0.3 is 6.03 Å². The van der Waals surface area contributed by atoms with Gasteiger partial charge in [0.25, 0.3) is 0 Å². The molecule has 0 unspecified atom stereocenters. The number of rotatable bonds is 6. The van der Waals surface area contributed by atoms with Gasteiger partial charge < -0.3 is 24.1 Å². The summed E-state index contributed by atoms with van der Waals surface area (Å²) in [6, 6.07) is 12.9. The predicted octanol–water partition coefficient (Wildman–Crippen LogP) is 4.60. The van der Waals surface area contributed by atoms with Crippen LogP contribution in [0.15, 0.2) is 47.0 Å². The first-order valence-electron chi connectivity index (χ1n) is 11.0. The molecule has 1 fully saturated rings. The molecule has 0 spiro atoms. The molecule has 0 saturated heterocycles. The Balaban J connectivity index is 1.36. The Morgan fingerprint density at radius 1 is 1.24 bits per heavy atom. The van der Waals surface area contributed by atoms with E-state index in [0.29, 0.717) is 40.6 Å². The molecule has 2 amide bonds. The molecule has 3 aromatic rings. The number of nitriles is 1. The zero-order valence-electron chi connectivity index (χ0n) is 18.3. The van der Waals surface area contributed by atoms with E-state index in [0.717, 1.165) is 24.0 Å². The molecule has 2 aliphatic rings. The monoisotopic (exact) mass is 444 g/mol. The molecule has 8 heteroatoms. The molecule has 1 aliphatic heterocycles. The molecule has 2 aromatic carbocycles. The summed E-state index contributed by atoms with van der Waals surface area (Å²) in [4.78, 5) is 18.6. The van der Waals surface area contributed by atoms with Gasteiger partial charge in [-0.15, -0.1) is 0 Å². The number of hydrogen-bond acceptors (Lipinski definition) is 6. The zero-order valence-corrected chi connectivity index (χ0v) is 18.3. The van der Waals surface area contributed by atoms with E-state index < -0.39 is 0 Å². The SMILES string of the molecule is COc1ccc(C2=CNC(=O)N(Cc3nc4c(C#N)cccc4o3)C2)cc1OC1CCCC1. The number of amides is 2. The fourth-order valence-corrected chi connectivity index (χ4v) is 4.34.